The second-order valence-electron chi connectivity index (χ2n) is 7.56. The van der Waals surface area contributed by atoms with Gasteiger partial charge in [-0.25, -0.2) is 0 Å². The zero-order chi connectivity index (χ0) is 17.6. The third-order valence-corrected chi connectivity index (χ3v) is 5.71. The van der Waals surface area contributed by atoms with Crippen LogP contribution in [0.4, 0.5) is 0 Å². The van der Waals surface area contributed by atoms with Gasteiger partial charge in [0.25, 0.3) is 0 Å². The Morgan fingerprint density at radius 3 is 2.31 bits per heavy atom. The monoisotopic (exact) mass is 346 g/mol. The van der Waals surface area contributed by atoms with Gasteiger partial charge in [0.1, 0.15) is 11.4 Å². The van der Waals surface area contributed by atoms with E-state index in [1.54, 1.807) is 12.1 Å². The SMILES string of the molecule is Oc1ccc(-c2noc(C3(CN4CCC4)CC3)c2-c2ccccc2)cc1. The largest absolute Gasteiger partial charge is 0.508 e. The van der Waals surface area contributed by atoms with Crippen LogP contribution in [0.25, 0.3) is 22.4 Å². The predicted molar refractivity (Wildman–Crippen MR) is 101 cm³/mol. The average Bonchev–Trinajstić information content (AvgIpc) is 3.29. The molecule has 0 radical (unpaired) electrons. The number of hydrogen-bond acceptors (Lipinski definition) is 4. The first-order chi connectivity index (χ1) is 12.8. The number of hydrogen-bond donors (Lipinski definition) is 1. The van der Waals surface area contributed by atoms with Gasteiger partial charge in [0.2, 0.25) is 0 Å². The summed E-state index contributed by atoms with van der Waals surface area (Å²) in [5.74, 6) is 1.29. The van der Waals surface area contributed by atoms with E-state index >= 15 is 0 Å². The highest BCUT2D eigenvalue weighted by molar-refractivity contribution is 5.83. The van der Waals surface area contributed by atoms with Gasteiger partial charge in [0.15, 0.2) is 5.76 Å². The van der Waals surface area contributed by atoms with Crippen LogP contribution in [0.15, 0.2) is 59.1 Å². The molecule has 4 nitrogen and oxygen atoms in total. The highest BCUT2D eigenvalue weighted by atomic mass is 16.5. The van der Waals surface area contributed by atoms with Crippen molar-refractivity contribution >= 4 is 0 Å². The summed E-state index contributed by atoms with van der Waals surface area (Å²) < 4.78 is 5.99. The summed E-state index contributed by atoms with van der Waals surface area (Å²) in [5.41, 5.74) is 4.18. The minimum absolute atomic E-state index is 0.105. The Kier molecular flexibility index (Phi) is 3.61. The van der Waals surface area contributed by atoms with Crippen molar-refractivity contribution in [3.63, 3.8) is 0 Å². The average molecular weight is 346 g/mol. The van der Waals surface area contributed by atoms with Crippen LogP contribution in [0.5, 0.6) is 5.75 Å². The standard InChI is InChI=1S/C22H22N2O2/c25-18-9-7-17(8-10-18)20-19(16-5-2-1-3-6-16)21(26-23-20)22(11-12-22)15-24-13-4-14-24/h1-3,5-10,25H,4,11-15H2. The first-order valence-corrected chi connectivity index (χ1v) is 9.33. The summed E-state index contributed by atoms with van der Waals surface area (Å²) in [4.78, 5) is 2.52. The fraction of sp³-hybridized carbons (Fsp3) is 0.318. The lowest BCUT2D eigenvalue weighted by Gasteiger charge is -2.33. The molecular weight excluding hydrogens is 324 g/mol. The van der Waals surface area contributed by atoms with Crippen LogP contribution in [-0.4, -0.2) is 34.8 Å². The predicted octanol–water partition coefficient (Wildman–Crippen LogP) is 4.45. The van der Waals surface area contributed by atoms with Gasteiger partial charge in [-0.05, 0) is 62.2 Å². The Bertz CT molecular complexity index is 907. The summed E-state index contributed by atoms with van der Waals surface area (Å²) in [6, 6.07) is 17.6. The van der Waals surface area contributed by atoms with Crippen LogP contribution in [-0.2, 0) is 5.41 Å². The van der Waals surface area contributed by atoms with E-state index in [0.717, 1.165) is 47.5 Å². The second-order valence-corrected chi connectivity index (χ2v) is 7.56. The Morgan fingerprint density at radius 2 is 1.69 bits per heavy atom. The number of nitrogens with zero attached hydrogens (tertiary/aromatic N) is 2. The van der Waals surface area contributed by atoms with Gasteiger partial charge in [-0.3, -0.25) is 0 Å². The lowest BCUT2D eigenvalue weighted by Crippen LogP contribution is -2.42. The van der Waals surface area contributed by atoms with Crippen molar-refractivity contribution in [1.82, 2.24) is 10.1 Å². The molecule has 1 saturated carbocycles. The quantitative estimate of drug-likeness (QED) is 0.741. The Morgan fingerprint density at radius 1 is 0.962 bits per heavy atom. The van der Waals surface area contributed by atoms with Crippen LogP contribution in [0.2, 0.25) is 0 Å². The molecule has 1 aliphatic heterocycles. The molecule has 1 aliphatic carbocycles. The van der Waals surface area contributed by atoms with Gasteiger partial charge in [-0.15, -0.1) is 0 Å². The third kappa shape index (κ3) is 2.61. The van der Waals surface area contributed by atoms with Gasteiger partial charge in [0.05, 0.1) is 5.56 Å². The summed E-state index contributed by atoms with van der Waals surface area (Å²) in [6.45, 7) is 3.46. The minimum Gasteiger partial charge on any atom is -0.508 e. The Balaban J connectivity index is 1.62. The minimum atomic E-state index is 0.105. The van der Waals surface area contributed by atoms with Crippen molar-refractivity contribution in [3.05, 3.63) is 60.4 Å². The van der Waals surface area contributed by atoms with Crippen LogP contribution in [0.3, 0.4) is 0 Å². The molecule has 1 aromatic heterocycles. The molecule has 2 aromatic carbocycles. The molecule has 0 atom stereocenters. The highest BCUT2D eigenvalue weighted by Gasteiger charge is 2.51. The van der Waals surface area contributed by atoms with Crippen LogP contribution in [0.1, 0.15) is 25.0 Å². The fourth-order valence-corrected chi connectivity index (χ4v) is 3.92. The highest BCUT2D eigenvalue weighted by Crippen LogP contribution is 2.54. The van der Waals surface area contributed by atoms with Gasteiger partial charge < -0.3 is 14.5 Å². The number of benzene rings is 2. The molecule has 0 spiro atoms. The van der Waals surface area contributed by atoms with Crippen LogP contribution < -0.4 is 0 Å². The van der Waals surface area contributed by atoms with Crippen LogP contribution in [0, 0.1) is 0 Å². The summed E-state index contributed by atoms with van der Waals surface area (Å²) in [6.07, 6.45) is 3.62. The lowest BCUT2D eigenvalue weighted by atomic mass is 9.91. The molecule has 2 heterocycles. The van der Waals surface area contributed by atoms with Gasteiger partial charge in [-0.1, -0.05) is 35.5 Å². The lowest BCUT2D eigenvalue weighted by molar-refractivity contribution is 0.155. The van der Waals surface area contributed by atoms with Crippen molar-refractivity contribution in [3.8, 4) is 28.1 Å². The smallest absolute Gasteiger partial charge is 0.152 e. The topological polar surface area (TPSA) is 49.5 Å². The van der Waals surface area contributed by atoms with E-state index in [1.165, 1.54) is 19.5 Å². The molecule has 1 N–H and O–H groups in total. The van der Waals surface area contributed by atoms with E-state index in [0.29, 0.717) is 0 Å². The summed E-state index contributed by atoms with van der Waals surface area (Å²) in [5, 5.41) is 14.1. The van der Waals surface area contributed by atoms with Crippen molar-refractivity contribution in [2.45, 2.75) is 24.7 Å². The van der Waals surface area contributed by atoms with Crippen LogP contribution >= 0.6 is 0 Å². The van der Waals surface area contributed by atoms with Crippen molar-refractivity contribution in [1.29, 1.82) is 0 Å². The molecular formula is C22H22N2O2. The molecule has 26 heavy (non-hydrogen) atoms. The maximum absolute atomic E-state index is 9.62. The third-order valence-electron chi connectivity index (χ3n) is 5.71. The molecule has 0 unspecified atom stereocenters. The molecule has 2 aliphatic rings. The normalized spacial score (nSPS) is 18.5. The van der Waals surface area contributed by atoms with Crippen molar-refractivity contribution < 1.29 is 9.63 Å². The zero-order valence-electron chi connectivity index (χ0n) is 14.7. The maximum Gasteiger partial charge on any atom is 0.152 e. The van der Waals surface area contributed by atoms with E-state index in [2.05, 4.69) is 34.3 Å². The number of likely N-dealkylation sites (tertiary alicyclic amines) is 1. The zero-order valence-corrected chi connectivity index (χ0v) is 14.7. The van der Waals surface area contributed by atoms with E-state index in [-0.39, 0.29) is 11.2 Å². The van der Waals surface area contributed by atoms with Crippen molar-refractivity contribution in [2.24, 2.45) is 0 Å². The number of phenols is 1. The van der Waals surface area contributed by atoms with Gasteiger partial charge in [0, 0.05) is 17.5 Å². The molecule has 3 aromatic rings. The van der Waals surface area contributed by atoms with E-state index < -0.39 is 0 Å². The van der Waals surface area contributed by atoms with E-state index in [9.17, 15) is 5.11 Å². The number of rotatable bonds is 5. The van der Waals surface area contributed by atoms with Gasteiger partial charge >= 0.3 is 0 Å². The van der Waals surface area contributed by atoms with Crippen molar-refractivity contribution in [2.75, 3.05) is 19.6 Å². The number of aromatic nitrogens is 1. The molecule has 132 valence electrons. The first kappa shape index (κ1) is 15.6. The second kappa shape index (κ2) is 5.99. The number of phenolic OH excluding ortho intramolecular Hbond substituents is 1. The van der Waals surface area contributed by atoms with E-state index in [4.69, 9.17) is 4.52 Å². The Labute approximate surface area is 153 Å². The molecule has 4 heteroatoms. The molecule has 2 fully saturated rings. The molecule has 0 bridgehead atoms. The first-order valence-electron chi connectivity index (χ1n) is 9.33. The van der Waals surface area contributed by atoms with E-state index in [1.807, 2.05) is 18.2 Å². The fourth-order valence-electron chi connectivity index (χ4n) is 3.92. The molecule has 1 saturated heterocycles. The summed E-state index contributed by atoms with van der Waals surface area (Å²) >= 11 is 0. The molecule has 5 rings (SSSR count). The number of aromatic hydroxyl groups is 1. The van der Waals surface area contributed by atoms with Gasteiger partial charge in [-0.2, -0.15) is 0 Å². The Hall–Kier alpha value is -2.59. The summed E-state index contributed by atoms with van der Waals surface area (Å²) in [7, 11) is 0. The molecule has 0 amide bonds. The maximum atomic E-state index is 9.62.